The zero-order valence-corrected chi connectivity index (χ0v) is 24.2. The predicted octanol–water partition coefficient (Wildman–Crippen LogP) is 4.70. The Bertz CT molecular complexity index is 1450. The van der Waals surface area contributed by atoms with Crippen LogP contribution in [0.25, 0.3) is 10.8 Å². The first-order valence-corrected chi connectivity index (χ1v) is 15.4. The van der Waals surface area contributed by atoms with Crippen molar-refractivity contribution in [2.45, 2.75) is 37.5 Å². The van der Waals surface area contributed by atoms with Crippen molar-refractivity contribution >= 4 is 43.7 Å². The SMILES string of the molecule is C=CS(=O)(=O)C1CCN(c2nc(OC)nc3c2CCN(c2cccc4cccc(Cl)c24)C3)C1.CN1CCCC1. The van der Waals surface area contributed by atoms with Crippen LogP contribution in [-0.4, -0.2) is 75.4 Å². The minimum atomic E-state index is -3.32. The van der Waals surface area contributed by atoms with E-state index in [2.05, 4.69) is 51.6 Å². The fraction of sp³-hybridized carbons (Fsp3) is 0.448. The Morgan fingerprint density at radius 2 is 1.79 bits per heavy atom. The number of nitrogens with zero attached hydrogens (tertiary/aromatic N) is 5. The first kappa shape index (κ1) is 27.7. The van der Waals surface area contributed by atoms with E-state index in [0.717, 1.165) is 56.9 Å². The molecule has 0 saturated carbocycles. The van der Waals surface area contributed by atoms with Gasteiger partial charge in [0.15, 0.2) is 9.84 Å². The van der Waals surface area contributed by atoms with Crippen LogP contribution >= 0.6 is 11.6 Å². The zero-order valence-electron chi connectivity index (χ0n) is 22.6. The van der Waals surface area contributed by atoms with Gasteiger partial charge in [-0.15, -0.1) is 0 Å². The van der Waals surface area contributed by atoms with Crippen molar-refractivity contribution in [2.24, 2.45) is 0 Å². The summed E-state index contributed by atoms with van der Waals surface area (Å²) in [4.78, 5) is 16.0. The third-order valence-electron chi connectivity index (χ3n) is 7.85. The fourth-order valence-electron chi connectivity index (χ4n) is 5.69. The van der Waals surface area contributed by atoms with Crippen LogP contribution in [0.5, 0.6) is 6.01 Å². The highest BCUT2D eigenvalue weighted by atomic mass is 35.5. The molecule has 2 fully saturated rings. The van der Waals surface area contributed by atoms with Gasteiger partial charge in [0.1, 0.15) is 5.82 Å². The van der Waals surface area contributed by atoms with E-state index in [1.807, 2.05) is 23.1 Å². The van der Waals surface area contributed by atoms with Gasteiger partial charge in [0.2, 0.25) is 0 Å². The van der Waals surface area contributed by atoms with Crippen molar-refractivity contribution in [3.8, 4) is 6.01 Å². The van der Waals surface area contributed by atoms with Crippen LogP contribution in [0.2, 0.25) is 5.02 Å². The molecule has 1 atom stereocenters. The molecule has 0 amide bonds. The quantitative estimate of drug-likeness (QED) is 0.437. The maximum Gasteiger partial charge on any atom is 0.318 e. The lowest BCUT2D eigenvalue weighted by Gasteiger charge is -2.33. The molecule has 0 bridgehead atoms. The summed E-state index contributed by atoms with van der Waals surface area (Å²) in [6, 6.07) is 12.4. The average Bonchev–Trinajstić information content (AvgIpc) is 3.65. The molecule has 4 heterocycles. The highest BCUT2D eigenvalue weighted by Gasteiger charge is 2.35. The van der Waals surface area contributed by atoms with Crippen LogP contribution in [0, 0.1) is 0 Å². The molecule has 10 heteroatoms. The molecule has 3 aliphatic rings. The number of sulfone groups is 1. The maximum absolute atomic E-state index is 12.3. The van der Waals surface area contributed by atoms with Gasteiger partial charge >= 0.3 is 6.01 Å². The van der Waals surface area contributed by atoms with Gasteiger partial charge in [-0.05, 0) is 63.3 Å². The van der Waals surface area contributed by atoms with Crippen molar-refractivity contribution in [1.29, 1.82) is 0 Å². The van der Waals surface area contributed by atoms with Gasteiger partial charge in [0.05, 0.1) is 29.6 Å². The lowest BCUT2D eigenvalue weighted by molar-refractivity contribution is 0.376. The summed E-state index contributed by atoms with van der Waals surface area (Å²) in [5.41, 5.74) is 3.01. The monoisotopic (exact) mass is 569 g/mol. The molecule has 208 valence electrons. The number of aromatic nitrogens is 2. The van der Waals surface area contributed by atoms with E-state index in [1.54, 1.807) is 7.11 Å². The average molecular weight is 570 g/mol. The summed E-state index contributed by atoms with van der Waals surface area (Å²) in [7, 11) is 0.402. The van der Waals surface area contributed by atoms with E-state index >= 15 is 0 Å². The normalized spacial score (nSPS) is 19.5. The van der Waals surface area contributed by atoms with Gasteiger partial charge in [-0.25, -0.2) is 8.42 Å². The summed E-state index contributed by atoms with van der Waals surface area (Å²) in [5.74, 6) is 0.772. The number of methoxy groups -OCH3 is 1. The Morgan fingerprint density at radius 3 is 2.46 bits per heavy atom. The standard InChI is InChI=1S/C24H25ClN4O3S.C5H11N/c1-3-33(30,31)17-10-12-29(14-17)23-18-11-13-28(15-20(18)26-24(27-23)32-2)21-9-5-7-16-6-4-8-19(25)22(16)21;1-6-4-2-3-5-6/h3-9,17H,1,10-15H2,2H3;2-5H2,1H3. The van der Waals surface area contributed by atoms with Gasteiger partial charge in [0.25, 0.3) is 0 Å². The third kappa shape index (κ3) is 5.85. The second-order valence-electron chi connectivity index (χ2n) is 10.4. The van der Waals surface area contributed by atoms with Crippen LogP contribution in [0.3, 0.4) is 0 Å². The van der Waals surface area contributed by atoms with E-state index in [0.29, 0.717) is 26.1 Å². The molecule has 0 N–H and O–H groups in total. The third-order valence-corrected chi connectivity index (χ3v) is 9.94. The van der Waals surface area contributed by atoms with Crippen molar-refractivity contribution in [3.05, 3.63) is 64.7 Å². The summed E-state index contributed by atoms with van der Waals surface area (Å²) in [6.07, 6.45) is 4.12. The molecule has 1 aromatic heterocycles. The first-order valence-electron chi connectivity index (χ1n) is 13.5. The number of hydrogen-bond acceptors (Lipinski definition) is 8. The van der Waals surface area contributed by atoms with Gasteiger partial charge in [0, 0.05) is 41.7 Å². The number of hydrogen-bond donors (Lipinski definition) is 0. The van der Waals surface area contributed by atoms with E-state index < -0.39 is 15.1 Å². The first-order chi connectivity index (χ1) is 18.8. The molecule has 8 nitrogen and oxygen atoms in total. The van der Waals surface area contributed by atoms with Crippen molar-refractivity contribution < 1.29 is 13.2 Å². The summed E-state index contributed by atoms with van der Waals surface area (Å²) < 4.78 is 30.0. The zero-order chi connectivity index (χ0) is 27.6. The smallest absolute Gasteiger partial charge is 0.318 e. The Kier molecular flexibility index (Phi) is 8.30. The molecule has 39 heavy (non-hydrogen) atoms. The molecule has 1 unspecified atom stereocenters. The van der Waals surface area contributed by atoms with Crippen LogP contribution < -0.4 is 14.5 Å². The largest absolute Gasteiger partial charge is 0.467 e. The second-order valence-corrected chi connectivity index (χ2v) is 13.0. The molecule has 6 rings (SSSR count). The van der Waals surface area contributed by atoms with E-state index in [-0.39, 0.29) is 6.01 Å². The highest BCUT2D eigenvalue weighted by molar-refractivity contribution is 7.94. The minimum Gasteiger partial charge on any atom is -0.467 e. The Labute approximate surface area is 236 Å². The lowest BCUT2D eigenvalue weighted by Crippen LogP contribution is -2.34. The van der Waals surface area contributed by atoms with Gasteiger partial charge in [-0.3, -0.25) is 0 Å². The van der Waals surface area contributed by atoms with Gasteiger partial charge < -0.3 is 19.4 Å². The summed E-state index contributed by atoms with van der Waals surface area (Å²) >= 11 is 6.57. The van der Waals surface area contributed by atoms with E-state index in [4.69, 9.17) is 16.3 Å². The van der Waals surface area contributed by atoms with Crippen molar-refractivity contribution in [1.82, 2.24) is 14.9 Å². The molecule has 0 radical (unpaired) electrons. The molecular formula is C29H36ClN5O3S. The molecule has 3 aliphatic heterocycles. The summed E-state index contributed by atoms with van der Waals surface area (Å²) in [6.45, 7) is 8.49. The number of halogens is 1. The van der Waals surface area contributed by atoms with E-state index in [1.165, 1.54) is 25.9 Å². The number of benzene rings is 2. The lowest BCUT2D eigenvalue weighted by atomic mass is 10.0. The minimum absolute atomic E-state index is 0.288. The highest BCUT2D eigenvalue weighted by Crippen LogP contribution is 2.37. The second kappa shape index (κ2) is 11.7. The van der Waals surface area contributed by atoms with Gasteiger partial charge in [-0.2, -0.15) is 9.97 Å². The Balaban J connectivity index is 0.000000455. The molecule has 3 aromatic rings. The molecule has 2 aromatic carbocycles. The topological polar surface area (TPSA) is 78.9 Å². The number of likely N-dealkylation sites (tertiary alicyclic amines) is 1. The van der Waals surface area contributed by atoms with Crippen LogP contribution in [0.4, 0.5) is 11.5 Å². The molecule has 0 spiro atoms. The van der Waals surface area contributed by atoms with Crippen molar-refractivity contribution in [2.75, 3.05) is 56.7 Å². The Morgan fingerprint density at radius 1 is 1.05 bits per heavy atom. The predicted molar refractivity (Wildman–Crippen MR) is 159 cm³/mol. The number of ether oxygens (including phenoxy) is 1. The fourth-order valence-corrected chi connectivity index (χ4v) is 7.06. The molecular weight excluding hydrogens is 534 g/mol. The van der Waals surface area contributed by atoms with Gasteiger partial charge in [-0.1, -0.05) is 42.4 Å². The van der Waals surface area contributed by atoms with Crippen LogP contribution in [-0.2, 0) is 22.8 Å². The maximum atomic E-state index is 12.3. The molecule has 0 aliphatic carbocycles. The van der Waals surface area contributed by atoms with Crippen molar-refractivity contribution in [3.63, 3.8) is 0 Å². The van der Waals surface area contributed by atoms with E-state index in [9.17, 15) is 8.42 Å². The molecule has 2 saturated heterocycles. The van der Waals surface area contributed by atoms with Crippen LogP contribution in [0.1, 0.15) is 30.5 Å². The van der Waals surface area contributed by atoms with Crippen LogP contribution in [0.15, 0.2) is 48.4 Å². The number of fused-ring (bicyclic) bond motifs is 2. The summed E-state index contributed by atoms with van der Waals surface area (Å²) in [5, 5.41) is 3.44. The number of anilines is 2. The number of rotatable bonds is 5. The Hall–Kier alpha value is -2.88.